The van der Waals surface area contributed by atoms with Crippen LogP contribution in [0.15, 0.2) is 18.2 Å². The molecule has 4 rings (SSSR count). The molecule has 7 heteroatoms. The Kier molecular flexibility index (Phi) is 4.05. The molecule has 0 radical (unpaired) electrons. The average molecular weight is 342 g/mol. The molecule has 132 valence electrons. The Morgan fingerprint density at radius 2 is 2.04 bits per heavy atom. The van der Waals surface area contributed by atoms with Crippen LogP contribution in [-0.4, -0.2) is 52.7 Å². The predicted octanol–water partition coefficient (Wildman–Crippen LogP) is -0.0194. The van der Waals surface area contributed by atoms with Crippen molar-refractivity contribution in [2.24, 2.45) is 5.73 Å². The van der Waals surface area contributed by atoms with Gasteiger partial charge in [-0.2, -0.15) is 0 Å². The van der Waals surface area contributed by atoms with E-state index >= 15 is 0 Å². The van der Waals surface area contributed by atoms with Gasteiger partial charge >= 0.3 is 0 Å². The highest BCUT2D eigenvalue weighted by atomic mass is 16.2. The normalized spacial score (nSPS) is 26.4. The predicted molar refractivity (Wildman–Crippen MR) is 90.4 cm³/mol. The first-order chi connectivity index (χ1) is 12.1. The third-order valence-corrected chi connectivity index (χ3v) is 5.52. The molecule has 3 N–H and O–H groups in total. The largest absolute Gasteiger partial charge is 0.329 e. The minimum absolute atomic E-state index is 0.120. The van der Waals surface area contributed by atoms with Gasteiger partial charge in [0.15, 0.2) is 0 Å². The number of likely N-dealkylation sites (tertiary alicyclic amines) is 1. The van der Waals surface area contributed by atoms with Crippen LogP contribution < -0.4 is 11.1 Å². The fourth-order valence-corrected chi connectivity index (χ4v) is 3.90. The molecule has 3 amide bonds. The van der Waals surface area contributed by atoms with Gasteiger partial charge in [0, 0.05) is 44.2 Å². The number of piperidine rings is 1. The van der Waals surface area contributed by atoms with Crippen LogP contribution in [-0.2, 0) is 22.7 Å². The van der Waals surface area contributed by atoms with Crippen molar-refractivity contribution in [1.82, 2.24) is 15.1 Å². The van der Waals surface area contributed by atoms with E-state index in [1.165, 1.54) is 0 Å². The van der Waals surface area contributed by atoms with Crippen LogP contribution in [0.3, 0.4) is 0 Å². The van der Waals surface area contributed by atoms with Crippen molar-refractivity contribution in [3.63, 3.8) is 0 Å². The number of carbonyl (C=O) groups is 3. The molecule has 2 atom stereocenters. The third-order valence-electron chi connectivity index (χ3n) is 5.52. The number of nitrogens with zero attached hydrogens (tertiary/aromatic N) is 2. The number of hydrogen-bond acceptors (Lipinski definition) is 5. The summed E-state index contributed by atoms with van der Waals surface area (Å²) in [6, 6.07) is 5.84. The van der Waals surface area contributed by atoms with Crippen LogP contribution in [0.4, 0.5) is 0 Å². The fraction of sp³-hybridized carbons (Fsp3) is 0.500. The van der Waals surface area contributed by atoms with Gasteiger partial charge in [-0.15, -0.1) is 0 Å². The molecule has 1 aromatic carbocycles. The second kappa shape index (κ2) is 6.24. The summed E-state index contributed by atoms with van der Waals surface area (Å²) in [6.45, 7) is 2.92. The number of rotatable bonds is 4. The quantitative estimate of drug-likeness (QED) is 0.750. The van der Waals surface area contributed by atoms with Gasteiger partial charge in [-0.25, -0.2) is 0 Å². The molecule has 7 nitrogen and oxygen atoms in total. The van der Waals surface area contributed by atoms with Gasteiger partial charge in [0.25, 0.3) is 5.91 Å². The zero-order valence-corrected chi connectivity index (χ0v) is 14.0. The van der Waals surface area contributed by atoms with E-state index in [1.807, 2.05) is 18.2 Å². The first-order valence-electron chi connectivity index (χ1n) is 8.77. The summed E-state index contributed by atoms with van der Waals surface area (Å²) in [6.07, 6.45) is 1.80. The van der Waals surface area contributed by atoms with E-state index in [9.17, 15) is 14.4 Å². The maximum absolute atomic E-state index is 12.8. The Labute approximate surface area is 146 Å². The highest BCUT2D eigenvalue weighted by Crippen LogP contribution is 2.29. The Hall–Kier alpha value is -2.25. The summed E-state index contributed by atoms with van der Waals surface area (Å²) in [5, 5.41) is 2.33. The first-order valence-corrected chi connectivity index (χ1v) is 8.77. The summed E-state index contributed by atoms with van der Waals surface area (Å²) in [5.41, 5.74) is 8.46. The molecule has 0 aromatic heterocycles. The summed E-state index contributed by atoms with van der Waals surface area (Å²) in [5.74, 6) is -0.758. The van der Waals surface area contributed by atoms with Crippen LogP contribution in [0, 0.1) is 0 Å². The van der Waals surface area contributed by atoms with Crippen molar-refractivity contribution in [2.45, 2.75) is 44.4 Å². The smallest absolute Gasteiger partial charge is 0.255 e. The second-order valence-corrected chi connectivity index (χ2v) is 7.04. The van der Waals surface area contributed by atoms with E-state index in [4.69, 9.17) is 5.73 Å². The fourth-order valence-electron chi connectivity index (χ4n) is 3.90. The second-order valence-electron chi connectivity index (χ2n) is 7.04. The zero-order valence-electron chi connectivity index (χ0n) is 14.0. The summed E-state index contributed by atoms with van der Waals surface area (Å²) in [4.78, 5) is 40.1. The van der Waals surface area contributed by atoms with Gasteiger partial charge in [0.2, 0.25) is 11.8 Å². The van der Waals surface area contributed by atoms with Gasteiger partial charge in [-0.05, 0) is 30.0 Å². The first kappa shape index (κ1) is 16.2. The molecule has 3 aliphatic rings. The van der Waals surface area contributed by atoms with Gasteiger partial charge in [-0.3, -0.25) is 24.6 Å². The molecule has 2 unspecified atom stereocenters. The lowest BCUT2D eigenvalue weighted by atomic mass is 10.00. The van der Waals surface area contributed by atoms with Gasteiger partial charge < -0.3 is 10.6 Å². The molecule has 25 heavy (non-hydrogen) atoms. The summed E-state index contributed by atoms with van der Waals surface area (Å²) >= 11 is 0. The Morgan fingerprint density at radius 1 is 1.20 bits per heavy atom. The van der Waals surface area contributed by atoms with Gasteiger partial charge in [-0.1, -0.05) is 12.1 Å². The van der Waals surface area contributed by atoms with Crippen LogP contribution in [0.1, 0.15) is 40.7 Å². The number of nitrogens with one attached hydrogen (secondary N) is 1. The number of amides is 3. The van der Waals surface area contributed by atoms with Crippen molar-refractivity contribution in [3.05, 3.63) is 34.9 Å². The zero-order chi connectivity index (χ0) is 17.6. The molecule has 2 fully saturated rings. The standard InChI is InChI=1S/C18H22N4O3/c19-8-13-5-6-21(13)9-11-1-2-12-10-22(18(25)14(12)7-11)15-3-4-16(23)20-17(15)24/h1-2,7,13,15H,3-6,8-10,19H2,(H,20,23,24). The van der Waals surface area contributed by atoms with Crippen LogP contribution in [0.5, 0.6) is 0 Å². The van der Waals surface area contributed by atoms with E-state index in [-0.39, 0.29) is 24.1 Å². The summed E-state index contributed by atoms with van der Waals surface area (Å²) in [7, 11) is 0. The SMILES string of the molecule is NCC1CCN1Cc1ccc2c(c1)C(=O)N(C1CCC(=O)NC1=O)C2. The molecule has 2 saturated heterocycles. The molecule has 3 aliphatic heterocycles. The summed E-state index contributed by atoms with van der Waals surface area (Å²) < 4.78 is 0. The van der Waals surface area contributed by atoms with Crippen molar-refractivity contribution in [2.75, 3.05) is 13.1 Å². The van der Waals surface area contributed by atoms with Crippen molar-refractivity contribution in [1.29, 1.82) is 0 Å². The van der Waals surface area contributed by atoms with Crippen LogP contribution in [0.25, 0.3) is 0 Å². The minimum atomic E-state index is -0.557. The number of imide groups is 1. The van der Waals surface area contributed by atoms with Gasteiger partial charge in [0.05, 0.1) is 0 Å². The number of carbonyl (C=O) groups excluding carboxylic acids is 3. The number of hydrogen-bond donors (Lipinski definition) is 2. The lowest BCUT2D eigenvalue weighted by molar-refractivity contribution is -0.136. The highest BCUT2D eigenvalue weighted by molar-refractivity contribution is 6.05. The van der Waals surface area contributed by atoms with E-state index in [2.05, 4.69) is 10.2 Å². The van der Waals surface area contributed by atoms with Gasteiger partial charge in [0.1, 0.15) is 6.04 Å². The Bertz CT molecular complexity index is 746. The van der Waals surface area contributed by atoms with Crippen molar-refractivity contribution >= 4 is 17.7 Å². The lowest BCUT2D eigenvalue weighted by Gasteiger charge is -2.40. The molecular weight excluding hydrogens is 320 g/mol. The van der Waals surface area contributed by atoms with Crippen LogP contribution >= 0.6 is 0 Å². The third kappa shape index (κ3) is 2.83. The molecule has 0 bridgehead atoms. The van der Waals surface area contributed by atoms with E-state index < -0.39 is 6.04 Å². The van der Waals surface area contributed by atoms with Crippen molar-refractivity contribution < 1.29 is 14.4 Å². The maximum atomic E-state index is 12.8. The monoisotopic (exact) mass is 342 g/mol. The molecule has 0 saturated carbocycles. The maximum Gasteiger partial charge on any atom is 0.255 e. The number of benzene rings is 1. The molecule has 0 spiro atoms. The topological polar surface area (TPSA) is 95.7 Å². The number of nitrogens with two attached hydrogens (primary N) is 1. The number of fused-ring (bicyclic) bond motifs is 1. The lowest BCUT2D eigenvalue weighted by Crippen LogP contribution is -2.52. The molecular formula is C18H22N4O3. The van der Waals surface area contributed by atoms with E-state index in [1.54, 1.807) is 4.90 Å². The van der Waals surface area contributed by atoms with Crippen LogP contribution in [0.2, 0.25) is 0 Å². The van der Waals surface area contributed by atoms with E-state index in [0.29, 0.717) is 31.1 Å². The van der Waals surface area contributed by atoms with Crippen molar-refractivity contribution in [3.8, 4) is 0 Å². The molecule has 1 aromatic rings. The Balaban J connectivity index is 1.50. The Morgan fingerprint density at radius 3 is 2.72 bits per heavy atom. The molecule has 0 aliphatic carbocycles. The molecule has 3 heterocycles. The van der Waals surface area contributed by atoms with E-state index in [0.717, 1.165) is 30.6 Å². The highest BCUT2D eigenvalue weighted by Gasteiger charge is 2.39. The minimum Gasteiger partial charge on any atom is -0.329 e. The average Bonchev–Trinajstić information content (AvgIpc) is 2.89.